The Bertz CT molecular complexity index is 1110. The molecule has 0 radical (unpaired) electrons. The van der Waals surface area contributed by atoms with E-state index in [9.17, 15) is 10.1 Å². The topological polar surface area (TPSA) is 79.8 Å². The van der Waals surface area contributed by atoms with Crippen LogP contribution in [-0.4, -0.2) is 15.8 Å². The van der Waals surface area contributed by atoms with Gasteiger partial charge in [0.15, 0.2) is 11.7 Å². The van der Waals surface area contributed by atoms with Crippen molar-refractivity contribution in [2.45, 2.75) is 5.92 Å². The van der Waals surface area contributed by atoms with Gasteiger partial charge in [-0.1, -0.05) is 30.3 Å². The molecule has 2 aromatic carbocycles. The molecule has 1 atom stereocenters. The van der Waals surface area contributed by atoms with Crippen molar-refractivity contribution >= 4 is 27.8 Å². The molecule has 0 fully saturated rings. The van der Waals surface area contributed by atoms with E-state index in [1.165, 1.54) is 12.5 Å². The van der Waals surface area contributed by atoms with E-state index in [0.717, 1.165) is 5.52 Å². The Kier molecular flexibility index (Phi) is 3.29. The molecule has 2 aromatic heterocycles. The van der Waals surface area contributed by atoms with Crippen molar-refractivity contribution in [2.75, 3.05) is 0 Å². The van der Waals surface area contributed by atoms with Gasteiger partial charge in [0.05, 0.1) is 34.6 Å². The summed E-state index contributed by atoms with van der Waals surface area (Å²) in [6.45, 7) is 0. The molecular formula is C19H11N3O2. The molecule has 0 spiro atoms. The molecule has 2 heterocycles. The number of nitriles is 1. The summed E-state index contributed by atoms with van der Waals surface area (Å²) in [5.41, 5.74) is 2.71. The zero-order chi connectivity index (χ0) is 16.5. The Balaban J connectivity index is 1.79. The lowest BCUT2D eigenvalue weighted by Gasteiger charge is -2.07. The number of fused-ring (bicyclic) bond motifs is 2. The van der Waals surface area contributed by atoms with E-state index in [-0.39, 0.29) is 5.78 Å². The minimum Gasteiger partial charge on any atom is -0.464 e. The predicted octanol–water partition coefficient (Wildman–Crippen LogP) is 3.87. The van der Waals surface area contributed by atoms with Gasteiger partial charge in [-0.05, 0) is 18.2 Å². The molecule has 0 aliphatic rings. The molecule has 0 amide bonds. The average Bonchev–Trinajstić information content (AvgIpc) is 3.06. The molecule has 5 heteroatoms. The quantitative estimate of drug-likeness (QED) is 0.536. The number of hydrogen-bond donors (Lipinski definition) is 0. The fraction of sp³-hybridized carbons (Fsp3) is 0.0526. The molecule has 0 saturated heterocycles. The third-order valence-corrected chi connectivity index (χ3v) is 3.90. The number of Topliss-reactive ketones (excluding diaryl/α,β-unsaturated/α-hetero) is 1. The van der Waals surface area contributed by atoms with E-state index in [0.29, 0.717) is 27.7 Å². The molecule has 24 heavy (non-hydrogen) atoms. The van der Waals surface area contributed by atoms with Gasteiger partial charge in [0.2, 0.25) is 0 Å². The summed E-state index contributed by atoms with van der Waals surface area (Å²) in [6.07, 6.45) is 2.88. The van der Waals surface area contributed by atoms with Gasteiger partial charge in [-0.15, -0.1) is 0 Å². The standard InChI is InChI=1S/C19H11N3O2/c20-9-13(17-10-21-15-6-2-3-7-16(15)22-17)19(23)14-11-24-18-8-4-1-5-12(14)18/h1-8,10-11,13H. The first kappa shape index (κ1) is 14.1. The van der Waals surface area contributed by atoms with Crippen molar-refractivity contribution < 1.29 is 9.21 Å². The Labute approximate surface area is 137 Å². The number of hydrogen-bond acceptors (Lipinski definition) is 5. The molecule has 4 rings (SSSR count). The summed E-state index contributed by atoms with van der Waals surface area (Å²) in [7, 11) is 0. The van der Waals surface area contributed by atoms with Crippen LogP contribution in [0.3, 0.4) is 0 Å². The van der Waals surface area contributed by atoms with Crippen molar-refractivity contribution in [1.29, 1.82) is 5.26 Å². The van der Waals surface area contributed by atoms with Crippen LogP contribution in [0.2, 0.25) is 0 Å². The molecule has 5 nitrogen and oxygen atoms in total. The number of furan rings is 1. The Morgan fingerprint density at radius 2 is 1.83 bits per heavy atom. The molecule has 0 aliphatic heterocycles. The zero-order valence-corrected chi connectivity index (χ0v) is 12.5. The number of benzene rings is 2. The lowest BCUT2D eigenvalue weighted by molar-refractivity contribution is 0.0978. The summed E-state index contributed by atoms with van der Waals surface area (Å²) in [5, 5.41) is 10.2. The van der Waals surface area contributed by atoms with Gasteiger partial charge >= 0.3 is 0 Å². The second-order valence-electron chi connectivity index (χ2n) is 5.36. The fourth-order valence-electron chi connectivity index (χ4n) is 2.69. The maximum absolute atomic E-state index is 12.8. The molecular weight excluding hydrogens is 302 g/mol. The predicted molar refractivity (Wildman–Crippen MR) is 88.4 cm³/mol. The first-order chi connectivity index (χ1) is 11.8. The van der Waals surface area contributed by atoms with Crippen molar-refractivity contribution in [3.05, 3.63) is 72.2 Å². The van der Waals surface area contributed by atoms with Crippen LogP contribution in [0.4, 0.5) is 0 Å². The minimum atomic E-state index is -1.02. The number of para-hydroxylation sites is 3. The summed E-state index contributed by atoms with van der Waals surface area (Å²) in [4.78, 5) is 21.5. The smallest absolute Gasteiger partial charge is 0.189 e. The van der Waals surface area contributed by atoms with Gasteiger partial charge in [0, 0.05) is 5.39 Å². The van der Waals surface area contributed by atoms with E-state index in [1.807, 2.05) is 36.4 Å². The molecule has 1 unspecified atom stereocenters. The maximum atomic E-state index is 12.8. The lowest BCUT2D eigenvalue weighted by Crippen LogP contribution is -2.13. The summed E-state index contributed by atoms with van der Waals surface area (Å²) in [6, 6.07) is 16.6. The maximum Gasteiger partial charge on any atom is 0.189 e. The number of nitrogens with zero attached hydrogens (tertiary/aromatic N) is 3. The van der Waals surface area contributed by atoms with Gasteiger partial charge < -0.3 is 4.42 Å². The molecule has 4 aromatic rings. The van der Waals surface area contributed by atoms with E-state index in [1.54, 1.807) is 18.2 Å². The van der Waals surface area contributed by atoms with Crippen LogP contribution in [0, 0.1) is 11.3 Å². The highest BCUT2D eigenvalue weighted by Crippen LogP contribution is 2.27. The Morgan fingerprint density at radius 1 is 1.08 bits per heavy atom. The molecule has 0 aliphatic carbocycles. The third-order valence-electron chi connectivity index (χ3n) is 3.90. The third kappa shape index (κ3) is 2.22. The van der Waals surface area contributed by atoms with Crippen LogP contribution < -0.4 is 0 Å². The number of rotatable bonds is 3. The first-order valence-electron chi connectivity index (χ1n) is 7.39. The number of carbonyl (C=O) groups excluding carboxylic acids is 1. The van der Waals surface area contributed by atoms with Crippen molar-refractivity contribution in [2.24, 2.45) is 0 Å². The highest BCUT2D eigenvalue weighted by molar-refractivity contribution is 6.11. The van der Waals surface area contributed by atoms with Crippen LogP contribution in [0.15, 0.2) is 65.4 Å². The van der Waals surface area contributed by atoms with Crippen LogP contribution in [0.25, 0.3) is 22.0 Å². The molecule has 0 bridgehead atoms. The van der Waals surface area contributed by atoms with E-state index in [4.69, 9.17) is 4.42 Å². The van der Waals surface area contributed by atoms with Gasteiger partial charge in [0.25, 0.3) is 0 Å². The molecule has 0 N–H and O–H groups in total. The van der Waals surface area contributed by atoms with Gasteiger partial charge in [-0.25, -0.2) is 4.98 Å². The zero-order valence-electron chi connectivity index (χ0n) is 12.5. The van der Waals surface area contributed by atoms with Gasteiger partial charge in [-0.2, -0.15) is 5.26 Å². The van der Waals surface area contributed by atoms with Crippen LogP contribution in [0.5, 0.6) is 0 Å². The van der Waals surface area contributed by atoms with Crippen LogP contribution >= 0.6 is 0 Å². The molecule has 0 saturated carbocycles. The largest absolute Gasteiger partial charge is 0.464 e. The number of ketones is 1. The highest BCUT2D eigenvalue weighted by atomic mass is 16.3. The van der Waals surface area contributed by atoms with Crippen molar-refractivity contribution in [3.63, 3.8) is 0 Å². The van der Waals surface area contributed by atoms with E-state index >= 15 is 0 Å². The van der Waals surface area contributed by atoms with Gasteiger partial charge in [-0.3, -0.25) is 9.78 Å². The molecule has 114 valence electrons. The summed E-state index contributed by atoms with van der Waals surface area (Å²) in [5.74, 6) is -1.37. The second-order valence-corrected chi connectivity index (χ2v) is 5.36. The van der Waals surface area contributed by atoms with Crippen LogP contribution in [-0.2, 0) is 0 Å². The fourth-order valence-corrected chi connectivity index (χ4v) is 2.69. The van der Waals surface area contributed by atoms with Crippen molar-refractivity contribution in [3.8, 4) is 6.07 Å². The van der Waals surface area contributed by atoms with Crippen LogP contribution in [0.1, 0.15) is 22.0 Å². The number of aromatic nitrogens is 2. The van der Waals surface area contributed by atoms with E-state index < -0.39 is 5.92 Å². The Morgan fingerprint density at radius 3 is 2.67 bits per heavy atom. The summed E-state index contributed by atoms with van der Waals surface area (Å²) >= 11 is 0. The van der Waals surface area contributed by atoms with E-state index in [2.05, 4.69) is 9.97 Å². The normalized spacial score (nSPS) is 12.1. The average molecular weight is 313 g/mol. The number of carbonyl (C=O) groups is 1. The SMILES string of the molecule is N#CC(C(=O)c1coc2ccccc12)c1cnc2ccccc2n1. The minimum absolute atomic E-state index is 0.339. The Hall–Kier alpha value is -3.52. The van der Waals surface area contributed by atoms with Gasteiger partial charge in [0.1, 0.15) is 11.8 Å². The first-order valence-corrected chi connectivity index (χ1v) is 7.39. The van der Waals surface area contributed by atoms with Crippen molar-refractivity contribution in [1.82, 2.24) is 9.97 Å². The summed E-state index contributed by atoms with van der Waals surface area (Å²) < 4.78 is 5.40. The lowest BCUT2D eigenvalue weighted by atomic mass is 9.95. The monoisotopic (exact) mass is 313 g/mol. The second kappa shape index (κ2) is 5.60. The highest BCUT2D eigenvalue weighted by Gasteiger charge is 2.26.